The minimum Gasteiger partial charge on any atom is -0.480 e. The molecule has 0 amide bonds. The quantitative estimate of drug-likeness (QED) is 0.484. The summed E-state index contributed by atoms with van der Waals surface area (Å²) in [6.07, 6.45) is 1.95. The van der Waals surface area contributed by atoms with Crippen LogP contribution in [0.3, 0.4) is 0 Å². The first-order chi connectivity index (χ1) is 9.24. The van der Waals surface area contributed by atoms with Gasteiger partial charge < -0.3 is 10.1 Å². The van der Waals surface area contributed by atoms with Crippen molar-refractivity contribution in [2.75, 3.05) is 18.7 Å². The van der Waals surface area contributed by atoms with E-state index >= 15 is 0 Å². The zero-order chi connectivity index (χ0) is 13.7. The van der Waals surface area contributed by atoms with E-state index < -0.39 is 0 Å². The lowest BCUT2D eigenvalue weighted by atomic mass is 10.2. The van der Waals surface area contributed by atoms with E-state index in [1.165, 1.54) is 17.3 Å². The summed E-state index contributed by atoms with van der Waals surface area (Å²) in [6.45, 7) is 0.727. The predicted octanol–water partition coefficient (Wildman–Crippen LogP) is 3.42. The third-order valence-electron chi connectivity index (χ3n) is 2.48. The van der Waals surface area contributed by atoms with Gasteiger partial charge in [0.05, 0.1) is 7.11 Å². The van der Waals surface area contributed by atoms with E-state index in [2.05, 4.69) is 50.0 Å². The van der Waals surface area contributed by atoms with Crippen LogP contribution in [-0.4, -0.2) is 23.3 Å². The molecule has 0 saturated heterocycles. The second-order valence-corrected chi connectivity index (χ2v) is 5.57. The minimum atomic E-state index is 0.607. The predicted molar refractivity (Wildman–Crippen MR) is 86.9 cm³/mol. The molecule has 1 aromatic carbocycles. The third-order valence-corrected chi connectivity index (χ3v) is 4.00. The third kappa shape index (κ3) is 3.73. The summed E-state index contributed by atoms with van der Waals surface area (Å²) in [4.78, 5) is 8.77. The van der Waals surface area contributed by atoms with Crippen LogP contribution >= 0.6 is 34.4 Å². The SMILES string of the molecule is COc1nc(SC)nc(NCc2ccccc2)c1I. The minimum absolute atomic E-state index is 0.607. The molecule has 0 saturated carbocycles. The summed E-state index contributed by atoms with van der Waals surface area (Å²) >= 11 is 3.69. The molecule has 2 aromatic rings. The van der Waals surface area contributed by atoms with Crippen molar-refractivity contribution in [3.8, 4) is 5.88 Å². The van der Waals surface area contributed by atoms with Crippen LogP contribution in [0.5, 0.6) is 5.88 Å². The van der Waals surface area contributed by atoms with Crippen molar-refractivity contribution >= 4 is 40.2 Å². The lowest BCUT2D eigenvalue weighted by Gasteiger charge is -2.11. The molecule has 0 bridgehead atoms. The maximum Gasteiger partial charge on any atom is 0.233 e. The Hall–Kier alpha value is -1.02. The molecule has 0 fully saturated rings. The van der Waals surface area contributed by atoms with Gasteiger partial charge in [-0.2, -0.15) is 4.98 Å². The van der Waals surface area contributed by atoms with E-state index in [4.69, 9.17) is 4.74 Å². The highest BCUT2D eigenvalue weighted by Crippen LogP contribution is 2.27. The van der Waals surface area contributed by atoms with Crippen LogP contribution < -0.4 is 10.1 Å². The van der Waals surface area contributed by atoms with Crippen LogP contribution in [0.15, 0.2) is 35.5 Å². The number of hydrogen-bond donors (Lipinski definition) is 1. The second kappa shape index (κ2) is 6.95. The Balaban J connectivity index is 2.19. The lowest BCUT2D eigenvalue weighted by molar-refractivity contribution is 0.389. The summed E-state index contributed by atoms with van der Waals surface area (Å²) in [5.74, 6) is 1.41. The largest absolute Gasteiger partial charge is 0.480 e. The van der Waals surface area contributed by atoms with Crippen LogP contribution in [0.1, 0.15) is 5.56 Å². The Bertz CT molecular complexity index is 551. The number of hydrogen-bond acceptors (Lipinski definition) is 5. The van der Waals surface area contributed by atoms with Crippen LogP contribution in [0.25, 0.3) is 0 Å². The second-order valence-electron chi connectivity index (χ2n) is 3.72. The Morgan fingerprint density at radius 3 is 2.63 bits per heavy atom. The number of nitrogens with one attached hydrogen (secondary N) is 1. The maximum atomic E-state index is 5.27. The Labute approximate surface area is 130 Å². The summed E-state index contributed by atoms with van der Waals surface area (Å²) in [5, 5.41) is 4.03. The normalized spacial score (nSPS) is 10.3. The average Bonchev–Trinajstić information content (AvgIpc) is 2.47. The number of aromatic nitrogens is 2. The molecule has 1 aromatic heterocycles. The fourth-order valence-electron chi connectivity index (χ4n) is 1.53. The van der Waals surface area contributed by atoms with E-state index in [0.717, 1.165) is 15.9 Å². The topological polar surface area (TPSA) is 47.0 Å². The number of halogens is 1. The summed E-state index contributed by atoms with van der Waals surface area (Å²) < 4.78 is 6.17. The van der Waals surface area contributed by atoms with Crippen molar-refractivity contribution in [2.24, 2.45) is 0 Å². The molecule has 19 heavy (non-hydrogen) atoms. The standard InChI is InChI=1S/C13H14IN3OS/c1-18-12-10(14)11(16-13(17-12)19-2)15-8-9-6-4-3-5-7-9/h3-7H,8H2,1-2H3,(H,15,16,17). The fraction of sp³-hybridized carbons (Fsp3) is 0.231. The maximum absolute atomic E-state index is 5.27. The summed E-state index contributed by atoms with van der Waals surface area (Å²) in [5.41, 5.74) is 1.21. The molecule has 6 heteroatoms. The van der Waals surface area contributed by atoms with E-state index in [1.807, 2.05) is 24.5 Å². The van der Waals surface area contributed by atoms with Crippen LogP contribution in [0.2, 0.25) is 0 Å². The molecule has 4 nitrogen and oxygen atoms in total. The molecule has 2 rings (SSSR count). The molecule has 1 N–H and O–H groups in total. The number of ether oxygens (including phenoxy) is 1. The van der Waals surface area contributed by atoms with Crippen molar-refractivity contribution in [1.29, 1.82) is 0 Å². The number of nitrogens with zero attached hydrogens (tertiary/aromatic N) is 2. The molecule has 0 atom stereocenters. The van der Waals surface area contributed by atoms with Crippen LogP contribution in [0.4, 0.5) is 5.82 Å². The highest BCUT2D eigenvalue weighted by Gasteiger charge is 2.12. The Kier molecular flexibility index (Phi) is 5.26. The van der Waals surface area contributed by atoms with Crippen molar-refractivity contribution in [3.05, 3.63) is 39.5 Å². The first kappa shape index (κ1) is 14.4. The van der Waals surface area contributed by atoms with E-state index in [-0.39, 0.29) is 0 Å². The number of benzene rings is 1. The van der Waals surface area contributed by atoms with Gasteiger partial charge in [-0.15, -0.1) is 0 Å². The number of anilines is 1. The van der Waals surface area contributed by atoms with E-state index in [9.17, 15) is 0 Å². The molecule has 0 aliphatic heterocycles. The molecular weight excluding hydrogens is 373 g/mol. The van der Waals surface area contributed by atoms with Crippen molar-refractivity contribution in [2.45, 2.75) is 11.7 Å². The fourth-order valence-corrected chi connectivity index (χ4v) is 2.54. The first-order valence-corrected chi connectivity index (χ1v) is 7.98. The van der Waals surface area contributed by atoms with Crippen molar-refractivity contribution in [1.82, 2.24) is 9.97 Å². The van der Waals surface area contributed by atoms with Gasteiger partial charge in [0, 0.05) is 6.54 Å². The van der Waals surface area contributed by atoms with Gasteiger partial charge in [0.25, 0.3) is 0 Å². The molecule has 100 valence electrons. The van der Waals surface area contributed by atoms with Gasteiger partial charge >= 0.3 is 0 Å². The zero-order valence-electron chi connectivity index (χ0n) is 10.7. The van der Waals surface area contributed by atoms with Gasteiger partial charge in [0.2, 0.25) is 5.88 Å². The molecule has 1 heterocycles. The van der Waals surface area contributed by atoms with E-state index in [1.54, 1.807) is 7.11 Å². The first-order valence-electron chi connectivity index (χ1n) is 5.68. The number of thioether (sulfide) groups is 1. The molecule has 0 radical (unpaired) electrons. The smallest absolute Gasteiger partial charge is 0.233 e. The van der Waals surface area contributed by atoms with Gasteiger partial charge in [-0.05, 0) is 34.4 Å². The molecular formula is C13H14IN3OS. The van der Waals surface area contributed by atoms with Crippen LogP contribution in [0, 0.1) is 3.57 Å². The zero-order valence-corrected chi connectivity index (χ0v) is 13.7. The average molecular weight is 387 g/mol. The summed E-state index contributed by atoms with van der Waals surface area (Å²) in [6, 6.07) is 10.2. The van der Waals surface area contributed by atoms with Gasteiger partial charge in [-0.1, -0.05) is 42.1 Å². The lowest BCUT2D eigenvalue weighted by Crippen LogP contribution is -2.06. The van der Waals surface area contributed by atoms with Crippen molar-refractivity contribution in [3.63, 3.8) is 0 Å². The van der Waals surface area contributed by atoms with Crippen molar-refractivity contribution < 1.29 is 4.74 Å². The van der Waals surface area contributed by atoms with E-state index in [0.29, 0.717) is 11.0 Å². The highest BCUT2D eigenvalue weighted by molar-refractivity contribution is 14.1. The van der Waals surface area contributed by atoms with Gasteiger partial charge in [0.15, 0.2) is 5.16 Å². The molecule has 0 spiro atoms. The molecule has 0 aliphatic carbocycles. The summed E-state index contributed by atoms with van der Waals surface area (Å²) in [7, 11) is 1.62. The monoisotopic (exact) mass is 387 g/mol. The number of methoxy groups -OCH3 is 1. The highest BCUT2D eigenvalue weighted by atomic mass is 127. The molecule has 0 unspecified atom stereocenters. The number of rotatable bonds is 5. The van der Waals surface area contributed by atoms with Gasteiger partial charge in [-0.3, -0.25) is 0 Å². The Morgan fingerprint density at radius 1 is 1.26 bits per heavy atom. The van der Waals surface area contributed by atoms with Crippen LogP contribution in [-0.2, 0) is 6.54 Å². The molecule has 0 aliphatic rings. The van der Waals surface area contributed by atoms with Gasteiger partial charge in [0.1, 0.15) is 9.39 Å². The Morgan fingerprint density at radius 2 is 2.00 bits per heavy atom. The van der Waals surface area contributed by atoms with Gasteiger partial charge in [-0.25, -0.2) is 4.98 Å².